The third-order valence-corrected chi connectivity index (χ3v) is 7.18. The van der Waals surface area contributed by atoms with Crippen LogP contribution in [0, 0.1) is 13.8 Å². The summed E-state index contributed by atoms with van der Waals surface area (Å²) < 4.78 is 27.8. The molecule has 0 fully saturated rings. The molecule has 5 nitrogen and oxygen atoms in total. The molecule has 3 rings (SSSR count). The number of carbonyl (C=O) groups excluding carboxylic acids is 1. The van der Waals surface area contributed by atoms with Gasteiger partial charge in [-0.3, -0.25) is 9.10 Å². The van der Waals surface area contributed by atoms with Gasteiger partial charge in [0.05, 0.1) is 16.6 Å². The lowest BCUT2D eigenvalue weighted by Crippen LogP contribution is -2.41. The largest absolute Gasteiger partial charge is 0.348 e. The number of benzene rings is 3. The van der Waals surface area contributed by atoms with E-state index in [2.05, 4.69) is 5.32 Å². The van der Waals surface area contributed by atoms with E-state index in [9.17, 15) is 13.2 Å². The lowest BCUT2D eigenvalue weighted by Gasteiger charge is -2.25. The molecule has 0 radical (unpaired) electrons. The van der Waals surface area contributed by atoms with Crippen molar-refractivity contribution in [2.75, 3.05) is 10.8 Å². The Balaban J connectivity index is 1.86. The minimum atomic E-state index is -3.96. The van der Waals surface area contributed by atoms with E-state index in [1.807, 2.05) is 39.0 Å². The molecule has 1 unspecified atom stereocenters. The van der Waals surface area contributed by atoms with Gasteiger partial charge in [-0.15, -0.1) is 0 Å². The van der Waals surface area contributed by atoms with Gasteiger partial charge in [0, 0.05) is 5.02 Å². The number of halogens is 1. The van der Waals surface area contributed by atoms with Crippen molar-refractivity contribution in [1.29, 1.82) is 0 Å². The van der Waals surface area contributed by atoms with E-state index >= 15 is 0 Å². The lowest BCUT2D eigenvalue weighted by atomic mass is 10.0. The van der Waals surface area contributed by atoms with Crippen molar-refractivity contribution in [1.82, 2.24) is 5.32 Å². The van der Waals surface area contributed by atoms with Gasteiger partial charge in [-0.2, -0.15) is 0 Å². The summed E-state index contributed by atoms with van der Waals surface area (Å²) in [6.07, 6.45) is 0. The molecule has 3 aromatic rings. The lowest BCUT2D eigenvalue weighted by molar-refractivity contribution is -0.120. The Labute approximate surface area is 188 Å². The van der Waals surface area contributed by atoms with Crippen molar-refractivity contribution in [2.24, 2.45) is 0 Å². The summed E-state index contributed by atoms with van der Waals surface area (Å²) in [5.74, 6) is -0.396. The number of aryl methyl sites for hydroxylation is 2. The fourth-order valence-electron chi connectivity index (χ4n) is 3.18. The monoisotopic (exact) mass is 456 g/mol. The molecule has 0 heterocycles. The number of sulfonamides is 1. The van der Waals surface area contributed by atoms with Gasteiger partial charge in [0.2, 0.25) is 5.91 Å². The Bertz CT molecular complexity index is 1160. The van der Waals surface area contributed by atoms with E-state index in [1.165, 1.54) is 29.8 Å². The SMILES string of the molecule is Cc1ccc(C(C)NC(=O)CN(c2ccccc2)S(=O)(=O)c2ccc(Cl)cc2)cc1C. The Morgan fingerprint density at radius 2 is 1.61 bits per heavy atom. The van der Waals surface area contributed by atoms with Gasteiger partial charge in [0.15, 0.2) is 0 Å². The van der Waals surface area contributed by atoms with Gasteiger partial charge >= 0.3 is 0 Å². The number of nitrogens with one attached hydrogen (secondary N) is 1. The number of anilines is 1. The van der Waals surface area contributed by atoms with Crippen molar-refractivity contribution in [3.63, 3.8) is 0 Å². The summed E-state index contributed by atoms with van der Waals surface area (Å²) in [4.78, 5) is 12.9. The zero-order valence-electron chi connectivity index (χ0n) is 17.7. The predicted molar refractivity (Wildman–Crippen MR) is 125 cm³/mol. The first-order chi connectivity index (χ1) is 14.7. The van der Waals surface area contributed by atoms with Crippen LogP contribution in [0.25, 0.3) is 0 Å². The number of amides is 1. The zero-order chi connectivity index (χ0) is 22.6. The maximum Gasteiger partial charge on any atom is 0.264 e. The first kappa shape index (κ1) is 22.8. The Kier molecular flexibility index (Phi) is 7.03. The molecule has 0 spiro atoms. The van der Waals surface area contributed by atoms with Gasteiger partial charge in [-0.1, -0.05) is 48.0 Å². The van der Waals surface area contributed by atoms with Crippen LogP contribution in [-0.4, -0.2) is 20.9 Å². The van der Waals surface area contributed by atoms with Crippen molar-refractivity contribution in [3.05, 3.63) is 94.5 Å². The normalized spacial score (nSPS) is 12.3. The van der Waals surface area contributed by atoms with Crippen molar-refractivity contribution in [2.45, 2.75) is 31.7 Å². The summed E-state index contributed by atoms with van der Waals surface area (Å²) in [5.41, 5.74) is 3.68. The summed E-state index contributed by atoms with van der Waals surface area (Å²) in [6, 6.07) is 20.2. The summed E-state index contributed by atoms with van der Waals surface area (Å²) in [6.45, 7) is 5.58. The van der Waals surface area contributed by atoms with E-state index in [1.54, 1.807) is 30.3 Å². The molecular weight excluding hydrogens is 432 g/mol. The van der Waals surface area contributed by atoms with Crippen molar-refractivity contribution >= 4 is 33.2 Å². The standard InChI is InChI=1S/C24H25ClN2O3S/c1-17-9-10-20(15-18(17)2)19(3)26-24(28)16-27(22-7-5-4-6-8-22)31(29,30)23-13-11-21(25)12-14-23/h4-15,19H,16H2,1-3H3,(H,26,28). The van der Waals surface area contributed by atoms with E-state index in [-0.39, 0.29) is 17.5 Å². The summed E-state index contributed by atoms with van der Waals surface area (Å²) >= 11 is 5.91. The van der Waals surface area contributed by atoms with E-state index in [4.69, 9.17) is 11.6 Å². The van der Waals surface area contributed by atoms with Crippen LogP contribution in [0.15, 0.2) is 77.7 Å². The van der Waals surface area contributed by atoms with E-state index in [0.717, 1.165) is 15.4 Å². The second-order valence-electron chi connectivity index (χ2n) is 7.43. The fraction of sp³-hybridized carbons (Fsp3) is 0.208. The molecule has 0 aliphatic rings. The molecule has 1 amide bonds. The molecule has 1 N–H and O–H groups in total. The molecule has 0 aromatic heterocycles. The van der Waals surface area contributed by atoms with Crippen LogP contribution in [0.3, 0.4) is 0 Å². The number of para-hydroxylation sites is 1. The van der Waals surface area contributed by atoms with Crippen LogP contribution in [0.4, 0.5) is 5.69 Å². The Morgan fingerprint density at radius 1 is 0.968 bits per heavy atom. The fourth-order valence-corrected chi connectivity index (χ4v) is 4.72. The second kappa shape index (κ2) is 9.54. The molecule has 162 valence electrons. The highest BCUT2D eigenvalue weighted by molar-refractivity contribution is 7.92. The first-order valence-corrected chi connectivity index (χ1v) is 11.7. The molecule has 0 saturated carbocycles. The topological polar surface area (TPSA) is 66.5 Å². The predicted octanol–water partition coefficient (Wildman–Crippen LogP) is 5.03. The van der Waals surface area contributed by atoms with E-state index in [0.29, 0.717) is 10.7 Å². The van der Waals surface area contributed by atoms with Gasteiger partial charge in [0.1, 0.15) is 6.54 Å². The van der Waals surface area contributed by atoms with Crippen LogP contribution >= 0.6 is 11.6 Å². The molecule has 3 aromatic carbocycles. The van der Waals surface area contributed by atoms with Gasteiger partial charge in [0.25, 0.3) is 10.0 Å². The third-order valence-electron chi connectivity index (χ3n) is 5.14. The molecule has 7 heteroatoms. The van der Waals surface area contributed by atoms with Gasteiger partial charge in [-0.25, -0.2) is 8.42 Å². The minimum absolute atomic E-state index is 0.0655. The smallest absolute Gasteiger partial charge is 0.264 e. The maximum absolute atomic E-state index is 13.3. The number of hydrogen-bond donors (Lipinski definition) is 1. The molecule has 31 heavy (non-hydrogen) atoms. The van der Waals surface area contributed by atoms with Gasteiger partial charge in [-0.05, 0) is 73.9 Å². The highest BCUT2D eigenvalue weighted by Gasteiger charge is 2.27. The Hall–Kier alpha value is -2.83. The minimum Gasteiger partial charge on any atom is -0.348 e. The molecule has 0 bridgehead atoms. The van der Waals surface area contributed by atoms with Crippen molar-refractivity contribution < 1.29 is 13.2 Å². The van der Waals surface area contributed by atoms with Crippen LogP contribution < -0.4 is 9.62 Å². The first-order valence-electron chi connectivity index (χ1n) is 9.88. The number of hydrogen-bond acceptors (Lipinski definition) is 3. The van der Waals surface area contributed by atoms with Gasteiger partial charge < -0.3 is 5.32 Å². The van der Waals surface area contributed by atoms with Crippen molar-refractivity contribution in [3.8, 4) is 0 Å². The molecular formula is C24H25ClN2O3S. The molecule has 0 saturated heterocycles. The average Bonchev–Trinajstić information content (AvgIpc) is 2.74. The average molecular weight is 457 g/mol. The number of rotatable bonds is 7. The molecule has 0 aliphatic carbocycles. The Morgan fingerprint density at radius 3 is 2.23 bits per heavy atom. The zero-order valence-corrected chi connectivity index (χ0v) is 19.2. The quantitative estimate of drug-likeness (QED) is 0.542. The van der Waals surface area contributed by atoms with Crippen LogP contribution in [-0.2, 0) is 14.8 Å². The second-order valence-corrected chi connectivity index (χ2v) is 9.73. The highest BCUT2D eigenvalue weighted by atomic mass is 35.5. The van der Waals surface area contributed by atoms with Crippen LogP contribution in [0.1, 0.15) is 29.7 Å². The third kappa shape index (κ3) is 5.46. The van der Waals surface area contributed by atoms with Crippen LogP contribution in [0.2, 0.25) is 5.02 Å². The number of carbonyl (C=O) groups is 1. The van der Waals surface area contributed by atoms with E-state index < -0.39 is 15.9 Å². The maximum atomic E-state index is 13.3. The summed E-state index contributed by atoms with van der Waals surface area (Å²) in [5, 5.41) is 3.34. The molecule has 0 aliphatic heterocycles. The van der Waals surface area contributed by atoms with Crippen LogP contribution in [0.5, 0.6) is 0 Å². The summed E-state index contributed by atoms with van der Waals surface area (Å²) in [7, 11) is -3.96. The number of nitrogens with zero attached hydrogens (tertiary/aromatic N) is 1. The molecule has 1 atom stereocenters. The highest BCUT2D eigenvalue weighted by Crippen LogP contribution is 2.25.